The Hall–Kier alpha value is -3.05. The molecule has 0 aliphatic carbocycles. The molecule has 0 saturated carbocycles. The number of rotatable bonds is 11. The van der Waals surface area contributed by atoms with Crippen molar-refractivity contribution in [1.82, 2.24) is 25.8 Å². The highest BCUT2D eigenvalue weighted by molar-refractivity contribution is 7.98. The lowest BCUT2D eigenvalue weighted by Gasteiger charge is -2.30. The Kier molecular flexibility index (Phi) is 9.09. The van der Waals surface area contributed by atoms with E-state index in [1.807, 2.05) is 30.5 Å². The maximum atomic E-state index is 13.5. The minimum Gasteiger partial charge on any atom is -0.480 e. The van der Waals surface area contributed by atoms with E-state index in [1.165, 1.54) is 4.90 Å². The highest BCUT2D eigenvalue weighted by atomic mass is 32.2. The van der Waals surface area contributed by atoms with Gasteiger partial charge < -0.3 is 30.9 Å². The number of hydrogen-bond donors (Lipinski definition) is 5. The minimum atomic E-state index is -1.14. The fourth-order valence-corrected chi connectivity index (χ4v) is 5.64. The topological polar surface area (TPSA) is 144 Å². The van der Waals surface area contributed by atoms with Crippen molar-refractivity contribution in [2.45, 2.75) is 62.7 Å². The van der Waals surface area contributed by atoms with E-state index in [1.54, 1.807) is 18.0 Å². The molecule has 1 aromatic carbocycles. The van der Waals surface area contributed by atoms with Gasteiger partial charge in [-0.2, -0.15) is 11.8 Å². The van der Waals surface area contributed by atoms with E-state index < -0.39 is 30.0 Å². The van der Waals surface area contributed by atoms with Gasteiger partial charge in [0.2, 0.25) is 17.7 Å². The molecule has 37 heavy (non-hydrogen) atoms. The zero-order valence-corrected chi connectivity index (χ0v) is 21.8. The quantitative estimate of drug-likeness (QED) is 0.295. The summed E-state index contributed by atoms with van der Waals surface area (Å²) in [5.74, 6) is -1.41. The van der Waals surface area contributed by atoms with Crippen LogP contribution in [0, 0.1) is 0 Å². The number of fused-ring (bicyclic) bond motifs is 1. The van der Waals surface area contributed by atoms with Crippen LogP contribution >= 0.6 is 11.8 Å². The number of carboxylic acids is 1. The van der Waals surface area contributed by atoms with E-state index in [0.29, 0.717) is 31.6 Å². The number of benzene rings is 1. The van der Waals surface area contributed by atoms with Gasteiger partial charge in [0, 0.05) is 30.1 Å². The standard InChI is InChI=1S/C26H35N5O5S/c1-37-13-10-20(29-23(32)19-8-4-11-27-19)25(34)31-12-5-9-22(31)24(33)30-21(26(35)36)14-16-15-28-18-7-3-2-6-17(16)18/h2-3,6-7,15,19-22,27-28H,4-5,8-14H2,1H3,(H,29,32)(H,30,33)(H,35,36). The van der Waals surface area contributed by atoms with Crippen LogP contribution in [0.25, 0.3) is 10.9 Å². The molecule has 1 aromatic heterocycles. The van der Waals surface area contributed by atoms with E-state index >= 15 is 0 Å². The molecule has 5 N–H and O–H groups in total. The van der Waals surface area contributed by atoms with E-state index in [0.717, 1.165) is 35.9 Å². The van der Waals surface area contributed by atoms with Crippen molar-refractivity contribution in [3.63, 3.8) is 0 Å². The molecule has 11 heteroatoms. The van der Waals surface area contributed by atoms with Gasteiger partial charge in [0.1, 0.15) is 18.1 Å². The van der Waals surface area contributed by atoms with Crippen LogP contribution in [0.1, 0.15) is 37.7 Å². The number of hydrogen-bond acceptors (Lipinski definition) is 6. The number of para-hydroxylation sites is 1. The average molecular weight is 530 g/mol. The first-order valence-corrected chi connectivity index (χ1v) is 14.2. The molecular formula is C26H35N5O5S. The molecule has 3 amide bonds. The highest BCUT2D eigenvalue weighted by Gasteiger charge is 2.39. The van der Waals surface area contributed by atoms with Crippen LogP contribution in [0.15, 0.2) is 30.5 Å². The van der Waals surface area contributed by atoms with Crippen molar-refractivity contribution in [2.75, 3.05) is 25.1 Å². The van der Waals surface area contributed by atoms with Crippen LogP contribution in [0.3, 0.4) is 0 Å². The number of amides is 3. The molecule has 4 unspecified atom stereocenters. The van der Waals surface area contributed by atoms with Crippen LogP contribution in [-0.4, -0.2) is 87.9 Å². The van der Waals surface area contributed by atoms with Gasteiger partial charge in [-0.05, 0) is 62.3 Å². The van der Waals surface area contributed by atoms with Crippen molar-refractivity contribution in [3.05, 3.63) is 36.0 Å². The van der Waals surface area contributed by atoms with Gasteiger partial charge in [-0.15, -0.1) is 0 Å². The lowest BCUT2D eigenvalue weighted by atomic mass is 10.0. The normalized spacial score (nSPS) is 21.1. The summed E-state index contributed by atoms with van der Waals surface area (Å²) >= 11 is 1.59. The summed E-state index contributed by atoms with van der Waals surface area (Å²) in [6.07, 6.45) is 7.01. The van der Waals surface area contributed by atoms with Gasteiger partial charge in [0.15, 0.2) is 0 Å². The van der Waals surface area contributed by atoms with E-state index in [2.05, 4.69) is 20.9 Å². The smallest absolute Gasteiger partial charge is 0.326 e. The SMILES string of the molecule is CSCCC(NC(=O)C1CCCN1)C(=O)N1CCCC1C(=O)NC(Cc1c[nH]c2ccccc12)C(=O)O. The molecule has 2 saturated heterocycles. The van der Waals surface area contributed by atoms with Crippen molar-refractivity contribution >= 4 is 46.4 Å². The zero-order chi connectivity index (χ0) is 26.4. The minimum absolute atomic E-state index is 0.118. The largest absolute Gasteiger partial charge is 0.480 e. The van der Waals surface area contributed by atoms with Crippen LogP contribution in [0.2, 0.25) is 0 Å². The first-order chi connectivity index (χ1) is 17.9. The summed E-state index contributed by atoms with van der Waals surface area (Å²) in [5, 5.41) is 19.5. The number of nitrogens with one attached hydrogen (secondary N) is 4. The number of carboxylic acid groups (broad SMARTS) is 1. The first-order valence-electron chi connectivity index (χ1n) is 12.8. The summed E-state index contributed by atoms with van der Waals surface area (Å²) in [6, 6.07) is 4.66. The first kappa shape index (κ1) is 27.0. The Morgan fingerprint density at radius 3 is 2.62 bits per heavy atom. The molecule has 0 spiro atoms. The summed E-state index contributed by atoms with van der Waals surface area (Å²) < 4.78 is 0. The third kappa shape index (κ3) is 6.45. The van der Waals surface area contributed by atoms with Crippen molar-refractivity contribution in [3.8, 4) is 0 Å². The van der Waals surface area contributed by atoms with Crippen molar-refractivity contribution < 1.29 is 24.3 Å². The number of H-pyrrole nitrogens is 1. The molecule has 2 aliphatic rings. The van der Waals surface area contributed by atoms with E-state index in [-0.39, 0.29) is 24.3 Å². The van der Waals surface area contributed by atoms with E-state index in [9.17, 15) is 24.3 Å². The van der Waals surface area contributed by atoms with Gasteiger partial charge in [-0.3, -0.25) is 14.4 Å². The molecule has 2 aliphatic heterocycles. The second kappa shape index (κ2) is 12.5. The third-order valence-corrected chi connectivity index (χ3v) is 7.80. The number of thioether (sulfide) groups is 1. The molecule has 4 atom stereocenters. The summed E-state index contributed by atoms with van der Waals surface area (Å²) in [7, 11) is 0. The van der Waals surface area contributed by atoms with Gasteiger partial charge in [0.25, 0.3) is 0 Å². The molecule has 3 heterocycles. The summed E-state index contributed by atoms with van der Waals surface area (Å²) in [6.45, 7) is 1.17. The number of aromatic amines is 1. The predicted octanol–water partition coefficient (Wildman–Crippen LogP) is 1.26. The number of nitrogens with zero attached hydrogens (tertiary/aromatic N) is 1. The second-order valence-corrected chi connectivity index (χ2v) is 10.6. The fraction of sp³-hybridized carbons (Fsp3) is 0.538. The monoisotopic (exact) mass is 529 g/mol. The lowest BCUT2D eigenvalue weighted by Crippen LogP contribution is -2.57. The molecule has 10 nitrogen and oxygen atoms in total. The second-order valence-electron chi connectivity index (χ2n) is 9.64. The van der Waals surface area contributed by atoms with Crippen molar-refractivity contribution in [1.29, 1.82) is 0 Å². The van der Waals surface area contributed by atoms with Crippen molar-refractivity contribution in [2.24, 2.45) is 0 Å². The number of likely N-dealkylation sites (tertiary alicyclic amines) is 1. The van der Waals surface area contributed by atoms with Gasteiger partial charge in [-0.25, -0.2) is 4.79 Å². The zero-order valence-electron chi connectivity index (χ0n) is 21.0. The van der Waals surface area contributed by atoms with Crippen LogP contribution in [0.4, 0.5) is 0 Å². The number of aliphatic carboxylic acids is 1. The Morgan fingerprint density at radius 1 is 1.11 bits per heavy atom. The maximum Gasteiger partial charge on any atom is 0.326 e. The average Bonchev–Trinajstić information content (AvgIpc) is 3.66. The van der Waals surface area contributed by atoms with Gasteiger partial charge >= 0.3 is 5.97 Å². The molecule has 4 rings (SSSR count). The number of carbonyl (C=O) groups is 4. The highest BCUT2D eigenvalue weighted by Crippen LogP contribution is 2.22. The number of aromatic nitrogens is 1. The molecule has 0 radical (unpaired) electrons. The molecule has 2 fully saturated rings. The number of carbonyl (C=O) groups excluding carboxylic acids is 3. The Bertz CT molecular complexity index is 1130. The Morgan fingerprint density at radius 2 is 1.89 bits per heavy atom. The van der Waals surface area contributed by atoms with Gasteiger partial charge in [0.05, 0.1) is 6.04 Å². The van der Waals surface area contributed by atoms with Gasteiger partial charge in [-0.1, -0.05) is 18.2 Å². The summed E-state index contributed by atoms with van der Waals surface area (Å²) in [4.78, 5) is 56.2. The van der Waals surface area contributed by atoms with Crippen LogP contribution in [0.5, 0.6) is 0 Å². The maximum absolute atomic E-state index is 13.5. The Balaban J connectivity index is 1.43. The van der Waals surface area contributed by atoms with E-state index in [4.69, 9.17) is 0 Å². The summed E-state index contributed by atoms with van der Waals surface area (Å²) in [5.41, 5.74) is 1.69. The van der Waals surface area contributed by atoms with Crippen LogP contribution < -0.4 is 16.0 Å². The predicted molar refractivity (Wildman–Crippen MR) is 142 cm³/mol. The lowest BCUT2D eigenvalue weighted by molar-refractivity contribution is -0.145. The molecule has 0 bridgehead atoms. The molecule has 2 aromatic rings. The molecular weight excluding hydrogens is 494 g/mol. The van der Waals surface area contributed by atoms with Crippen LogP contribution in [-0.2, 0) is 25.6 Å². The third-order valence-electron chi connectivity index (χ3n) is 7.15. The fourth-order valence-electron chi connectivity index (χ4n) is 5.17. The molecule has 200 valence electrons. The Labute approximate surface area is 220 Å².